The van der Waals surface area contributed by atoms with E-state index in [9.17, 15) is 19.3 Å². The summed E-state index contributed by atoms with van der Waals surface area (Å²) < 4.78 is 30.6. The average Bonchev–Trinajstić information content (AvgIpc) is 3.23. The lowest BCUT2D eigenvalue weighted by molar-refractivity contribution is -0.385. The van der Waals surface area contributed by atoms with E-state index >= 15 is 0 Å². The van der Waals surface area contributed by atoms with Gasteiger partial charge in [-0.2, -0.15) is 5.10 Å². The zero-order valence-electron chi connectivity index (χ0n) is 20.1. The second kappa shape index (κ2) is 10.5. The van der Waals surface area contributed by atoms with Gasteiger partial charge in [0.25, 0.3) is 11.6 Å². The monoisotopic (exact) mass is 486 g/mol. The predicted molar refractivity (Wildman–Crippen MR) is 127 cm³/mol. The molecule has 0 saturated carbocycles. The van der Waals surface area contributed by atoms with E-state index in [-0.39, 0.29) is 41.5 Å². The number of methoxy groups -OCH3 is 2. The van der Waals surface area contributed by atoms with Crippen molar-refractivity contribution in [3.63, 3.8) is 0 Å². The van der Waals surface area contributed by atoms with Gasteiger partial charge in [0.05, 0.1) is 36.1 Å². The third-order valence-corrected chi connectivity index (χ3v) is 5.06. The molecule has 0 spiro atoms. The summed E-state index contributed by atoms with van der Waals surface area (Å²) in [6.45, 7) is 6.26. The molecule has 35 heavy (non-hydrogen) atoms. The standard InChI is InChI=1S/C24H27FN4O6/c1-24(2,3)21-14-22(28(27-21)16-8-6-15(25)7-9-16)26-23(30)17-12-19(34-5)20(35-11-10-33-4)13-18(17)29(31)32/h6-9,12-14H,10-11H2,1-5H3,(H,26,30). The minimum absolute atomic E-state index is 0.110. The molecule has 1 N–H and O–H groups in total. The summed E-state index contributed by atoms with van der Waals surface area (Å²) >= 11 is 0. The van der Waals surface area contributed by atoms with Gasteiger partial charge in [-0.1, -0.05) is 20.8 Å². The van der Waals surface area contributed by atoms with Gasteiger partial charge in [-0.25, -0.2) is 9.07 Å². The van der Waals surface area contributed by atoms with E-state index in [1.165, 1.54) is 49.2 Å². The summed E-state index contributed by atoms with van der Waals surface area (Å²) in [7, 11) is 2.86. The first-order valence-corrected chi connectivity index (χ1v) is 10.7. The van der Waals surface area contributed by atoms with Crippen LogP contribution in [0.15, 0.2) is 42.5 Å². The number of nitro benzene ring substituents is 1. The quantitative estimate of drug-likeness (QED) is 0.269. The van der Waals surface area contributed by atoms with Crippen LogP contribution < -0.4 is 14.8 Å². The maximum absolute atomic E-state index is 13.5. The number of nitrogens with zero attached hydrogens (tertiary/aromatic N) is 3. The molecule has 0 unspecified atom stereocenters. The fourth-order valence-corrected chi connectivity index (χ4v) is 3.19. The molecular formula is C24H27FN4O6. The largest absolute Gasteiger partial charge is 0.493 e. The van der Waals surface area contributed by atoms with Crippen molar-refractivity contribution in [3.05, 3.63) is 69.7 Å². The van der Waals surface area contributed by atoms with Crippen LogP contribution in [0.5, 0.6) is 11.5 Å². The van der Waals surface area contributed by atoms with Gasteiger partial charge < -0.3 is 19.5 Å². The summed E-state index contributed by atoms with van der Waals surface area (Å²) in [5.74, 6) is -0.640. The first-order chi connectivity index (χ1) is 16.5. The number of carbonyl (C=O) groups excluding carboxylic acids is 1. The van der Waals surface area contributed by atoms with Crippen molar-refractivity contribution in [2.75, 3.05) is 32.8 Å². The Morgan fingerprint density at radius 3 is 2.37 bits per heavy atom. The molecular weight excluding hydrogens is 459 g/mol. The fourth-order valence-electron chi connectivity index (χ4n) is 3.19. The van der Waals surface area contributed by atoms with Gasteiger partial charge in [-0.15, -0.1) is 0 Å². The Labute approximate surface area is 201 Å². The van der Waals surface area contributed by atoms with Crippen molar-refractivity contribution in [2.24, 2.45) is 0 Å². The number of rotatable bonds is 9. The van der Waals surface area contributed by atoms with Gasteiger partial charge in [0.15, 0.2) is 11.5 Å². The maximum atomic E-state index is 13.5. The number of hydrogen-bond donors (Lipinski definition) is 1. The third-order valence-electron chi connectivity index (χ3n) is 5.06. The van der Waals surface area contributed by atoms with Crippen molar-refractivity contribution >= 4 is 17.4 Å². The summed E-state index contributed by atoms with van der Waals surface area (Å²) in [6.07, 6.45) is 0. The van der Waals surface area contributed by atoms with Crippen molar-refractivity contribution in [1.82, 2.24) is 9.78 Å². The maximum Gasteiger partial charge on any atom is 0.286 e. The van der Waals surface area contributed by atoms with Crippen LogP contribution in [0.2, 0.25) is 0 Å². The van der Waals surface area contributed by atoms with Crippen LogP contribution in [0.3, 0.4) is 0 Å². The number of benzene rings is 2. The van der Waals surface area contributed by atoms with Crippen molar-refractivity contribution in [1.29, 1.82) is 0 Å². The number of halogens is 1. The van der Waals surface area contributed by atoms with Crippen LogP contribution in [-0.2, 0) is 10.2 Å². The molecule has 10 nitrogen and oxygen atoms in total. The second-order valence-electron chi connectivity index (χ2n) is 8.63. The van der Waals surface area contributed by atoms with Gasteiger partial charge in [0.2, 0.25) is 0 Å². The highest BCUT2D eigenvalue weighted by atomic mass is 19.1. The van der Waals surface area contributed by atoms with Crippen LogP contribution in [-0.4, -0.2) is 48.0 Å². The molecule has 186 valence electrons. The highest BCUT2D eigenvalue weighted by Crippen LogP contribution is 2.35. The van der Waals surface area contributed by atoms with E-state index in [1.807, 2.05) is 20.8 Å². The highest BCUT2D eigenvalue weighted by Gasteiger charge is 2.27. The molecule has 0 saturated heterocycles. The minimum atomic E-state index is -0.748. The van der Waals surface area contributed by atoms with Gasteiger partial charge in [-0.3, -0.25) is 14.9 Å². The van der Waals surface area contributed by atoms with E-state index in [0.29, 0.717) is 11.4 Å². The Morgan fingerprint density at radius 1 is 1.11 bits per heavy atom. The van der Waals surface area contributed by atoms with Gasteiger partial charge in [-0.05, 0) is 24.3 Å². The molecule has 3 rings (SSSR count). The van der Waals surface area contributed by atoms with Crippen LogP contribution in [0.25, 0.3) is 5.69 Å². The molecule has 0 aliphatic heterocycles. The summed E-state index contributed by atoms with van der Waals surface area (Å²) in [4.78, 5) is 24.3. The Balaban J connectivity index is 2.03. The first kappa shape index (κ1) is 25.6. The van der Waals surface area contributed by atoms with E-state index in [2.05, 4.69) is 10.4 Å². The van der Waals surface area contributed by atoms with Crippen LogP contribution >= 0.6 is 0 Å². The van der Waals surface area contributed by atoms with Gasteiger partial charge in [0.1, 0.15) is 23.8 Å². The van der Waals surface area contributed by atoms with E-state index in [1.54, 1.807) is 6.07 Å². The third kappa shape index (κ3) is 5.93. The minimum Gasteiger partial charge on any atom is -0.493 e. The normalized spacial score (nSPS) is 11.3. The van der Waals surface area contributed by atoms with Crippen molar-refractivity contribution in [2.45, 2.75) is 26.2 Å². The molecule has 0 fully saturated rings. The highest BCUT2D eigenvalue weighted by molar-refractivity contribution is 6.07. The number of hydrogen-bond acceptors (Lipinski definition) is 7. The number of aromatic nitrogens is 2. The predicted octanol–water partition coefficient (Wildman–Crippen LogP) is 4.50. The van der Waals surface area contributed by atoms with Crippen LogP contribution in [0.1, 0.15) is 36.8 Å². The number of carbonyl (C=O) groups is 1. The van der Waals surface area contributed by atoms with E-state index in [0.717, 1.165) is 6.07 Å². The Bertz CT molecular complexity index is 1220. The van der Waals surface area contributed by atoms with Gasteiger partial charge in [0, 0.05) is 24.7 Å². The smallest absolute Gasteiger partial charge is 0.286 e. The molecule has 1 aromatic heterocycles. The molecule has 3 aromatic rings. The summed E-state index contributed by atoms with van der Waals surface area (Å²) in [5, 5.41) is 19.0. The van der Waals surface area contributed by atoms with Gasteiger partial charge >= 0.3 is 0 Å². The Hall–Kier alpha value is -3.99. The number of nitro groups is 1. The van der Waals surface area contributed by atoms with Crippen molar-refractivity contribution in [3.8, 4) is 17.2 Å². The summed E-state index contributed by atoms with van der Waals surface area (Å²) in [5.41, 5.74) is 0.119. The molecule has 0 aliphatic rings. The van der Waals surface area contributed by atoms with Crippen molar-refractivity contribution < 1.29 is 28.3 Å². The number of anilines is 1. The molecule has 11 heteroatoms. The number of amides is 1. The van der Waals surface area contributed by atoms with Crippen LogP contribution in [0, 0.1) is 15.9 Å². The molecule has 1 heterocycles. The first-order valence-electron chi connectivity index (χ1n) is 10.7. The topological polar surface area (TPSA) is 118 Å². The van der Waals surface area contributed by atoms with E-state index in [4.69, 9.17) is 14.2 Å². The molecule has 0 radical (unpaired) electrons. The molecule has 0 atom stereocenters. The van der Waals surface area contributed by atoms with Crippen LogP contribution in [0.4, 0.5) is 15.9 Å². The molecule has 0 aliphatic carbocycles. The van der Waals surface area contributed by atoms with E-state index < -0.39 is 22.3 Å². The SMILES string of the molecule is COCCOc1cc([N+](=O)[O-])c(C(=O)Nc2cc(C(C)(C)C)nn2-c2ccc(F)cc2)cc1OC. The molecule has 1 amide bonds. The fraction of sp³-hybridized carbons (Fsp3) is 0.333. The summed E-state index contributed by atoms with van der Waals surface area (Å²) in [6, 6.07) is 9.64. The zero-order chi connectivity index (χ0) is 25.8. The second-order valence-corrected chi connectivity index (χ2v) is 8.63. The zero-order valence-corrected chi connectivity index (χ0v) is 20.1. The average molecular weight is 487 g/mol. The number of nitrogens with one attached hydrogen (secondary N) is 1. The lowest BCUT2D eigenvalue weighted by Gasteiger charge is -2.14. The molecule has 2 aromatic carbocycles. The molecule has 0 bridgehead atoms. The lowest BCUT2D eigenvalue weighted by Crippen LogP contribution is -2.17. The number of ether oxygens (including phenoxy) is 3. The lowest BCUT2D eigenvalue weighted by atomic mass is 9.92. The Kier molecular flexibility index (Phi) is 7.70. The Morgan fingerprint density at radius 2 is 1.80 bits per heavy atom.